The largest absolute Gasteiger partial charge is 0.341 e. The quantitative estimate of drug-likeness (QED) is 0.462. The summed E-state index contributed by atoms with van der Waals surface area (Å²) in [6, 6.07) is 6.17. The fraction of sp³-hybridized carbons (Fsp3) is 0.286. The first kappa shape index (κ1) is 16.0. The molecule has 0 aliphatic rings. The Balaban J connectivity index is 1.85. The Morgan fingerprint density at radius 2 is 2.09 bits per heavy atom. The van der Waals surface area contributed by atoms with E-state index in [1.54, 1.807) is 35.0 Å². The summed E-state index contributed by atoms with van der Waals surface area (Å²) < 4.78 is 1.69. The zero-order valence-corrected chi connectivity index (χ0v) is 13.1. The molecule has 1 heterocycles. The predicted octanol–water partition coefficient (Wildman–Crippen LogP) is 2.08. The van der Waals surface area contributed by atoms with Gasteiger partial charge in [-0.3, -0.25) is 19.6 Å². The fourth-order valence-electron chi connectivity index (χ4n) is 1.83. The summed E-state index contributed by atoms with van der Waals surface area (Å²) in [5.41, 5.74) is 1.02. The topological polar surface area (TPSA) is 81.3 Å². The van der Waals surface area contributed by atoms with Crippen LogP contribution in [-0.4, -0.2) is 38.3 Å². The number of aromatic nitrogens is 2. The molecule has 0 aliphatic heterocycles. The molecule has 1 aromatic carbocycles. The van der Waals surface area contributed by atoms with Crippen molar-refractivity contribution in [2.24, 2.45) is 7.05 Å². The smallest absolute Gasteiger partial charge is 0.269 e. The van der Waals surface area contributed by atoms with Crippen molar-refractivity contribution in [3.8, 4) is 0 Å². The molecule has 8 heteroatoms. The number of nitrogens with zero attached hydrogens (tertiary/aromatic N) is 4. The molecule has 2 rings (SSSR count). The molecule has 0 radical (unpaired) electrons. The van der Waals surface area contributed by atoms with Crippen LogP contribution in [0.2, 0.25) is 0 Å². The summed E-state index contributed by atoms with van der Waals surface area (Å²) in [6.45, 7) is 0.507. The highest BCUT2D eigenvalue weighted by Gasteiger charge is 2.11. The highest BCUT2D eigenvalue weighted by molar-refractivity contribution is 8.00. The van der Waals surface area contributed by atoms with Crippen molar-refractivity contribution in [3.63, 3.8) is 0 Å². The lowest BCUT2D eigenvalue weighted by molar-refractivity contribution is -0.384. The molecule has 0 aliphatic carbocycles. The van der Waals surface area contributed by atoms with Crippen molar-refractivity contribution in [1.29, 1.82) is 0 Å². The molecule has 22 heavy (non-hydrogen) atoms. The summed E-state index contributed by atoms with van der Waals surface area (Å²) in [5, 5.41) is 14.6. The van der Waals surface area contributed by atoms with E-state index < -0.39 is 4.92 Å². The SMILES string of the molecule is CN(Cc1cnn(C)c1)C(=O)CSc1ccc([N+](=O)[O-])cc1. The van der Waals surface area contributed by atoms with E-state index in [2.05, 4.69) is 5.10 Å². The average Bonchev–Trinajstić information content (AvgIpc) is 2.90. The fourth-order valence-corrected chi connectivity index (χ4v) is 2.67. The minimum absolute atomic E-state index is 0.00722. The number of rotatable bonds is 6. The maximum absolute atomic E-state index is 12.1. The Labute approximate surface area is 132 Å². The van der Waals surface area contributed by atoms with E-state index in [0.717, 1.165) is 10.5 Å². The number of non-ortho nitro benzene ring substituents is 1. The normalized spacial score (nSPS) is 10.5. The van der Waals surface area contributed by atoms with Crippen molar-refractivity contribution in [3.05, 3.63) is 52.3 Å². The van der Waals surface area contributed by atoms with Crippen molar-refractivity contribution in [2.75, 3.05) is 12.8 Å². The van der Waals surface area contributed by atoms with Crippen LogP contribution >= 0.6 is 11.8 Å². The second-order valence-electron chi connectivity index (χ2n) is 4.81. The first-order valence-corrected chi connectivity index (χ1v) is 7.53. The molecule has 0 N–H and O–H groups in total. The van der Waals surface area contributed by atoms with E-state index >= 15 is 0 Å². The van der Waals surface area contributed by atoms with Crippen LogP contribution in [0.1, 0.15) is 5.56 Å². The molecule has 1 amide bonds. The molecule has 0 atom stereocenters. The van der Waals surface area contributed by atoms with Gasteiger partial charge in [-0.25, -0.2) is 0 Å². The van der Waals surface area contributed by atoms with Crippen LogP contribution in [-0.2, 0) is 18.4 Å². The minimum atomic E-state index is -0.443. The van der Waals surface area contributed by atoms with Crippen molar-refractivity contribution >= 4 is 23.4 Å². The summed E-state index contributed by atoms with van der Waals surface area (Å²) in [7, 11) is 3.57. The van der Waals surface area contributed by atoms with Gasteiger partial charge in [0.15, 0.2) is 0 Å². The van der Waals surface area contributed by atoms with Crippen molar-refractivity contribution in [2.45, 2.75) is 11.4 Å². The molecule has 0 saturated carbocycles. The molecule has 0 bridgehead atoms. The maximum Gasteiger partial charge on any atom is 0.269 e. The number of benzene rings is 1. The second-order valence-corrected chi connectivity index (χ2v) is 5.86. The predicted molar refractivity (Wildman–Crippen MR) is 83.5 cm³/mol. The van der Waals surface area contributed by atoms with E-state index in [0.29, 0.717) is 6.54 Å². The third-order valence-electron chi connectivity index (χ3n) is 3.01. The maximum atomic E-state index is 12.1. The molecule has 116 valence electrons. The number of aryl methyl sites for hydroxylation is 1. The molecular weight excluding hydrogens is 304 g/mol. The number of thioether (sulfide) groups is 1. The summed E-state index contributed by atoms with van der Waals surface area (Å²) in [6.07, 6.45) is 3.60. The Bertz CT molecular complexity index is 669. The minimum Gasteiger partial charge on any atom is -0.341 e. The zero-order valence-electron chi connectivity index (χ0n) is 12.3. The van der Waals surface area contributed by atoms with Gasteiger partial charge >= 0.3 is 0 Å². The van der Waals surface area contributed by atoms with Gasteiger partial charge < -0.3 is 4.90 Å². The van der Waals surface area contributed by atoms with Crippen LogP contribution in [0.5, 0.6) is 0 Å². The zero-order chi connectivity index (χ0) is 16.1. The van der Waals surface area contributed by atoms with Crippen LogP contribution < -0.4 is 0 Å². The average molecular weight is 320 g/mol. The third kappa shape index (κ3) is 4.32. The van der Waals surface area contributed by atoms with E-state index in [4.69, 9.17) is 0 Å². The molecule has 2 aromatic rings. The van der Waals surface area contributed by atoms with Gasteiger partial charge in [0.2, 0.25) is 5.91 Å². The highest BCUT2D eigenvalue weighted by Crippen LogP contribution is 2.21. The highest BCUT2D eigenvalue weighted by atomic mass is 32.2. The summed E-state index contributed by atoms with van der Waals surface area (Å²) >= 11 is 1.36. The number of hydrogen-bond acceptors (Lipinski definition) is 5. The van der Waals surface area contributed by atoms with Gasteiger partial charge in [-0.05, 0) is 12.1 Å². The Morgan fingerprint density at radius 3 is 2.64 bits per heavy atom. The van der Waals surface area contributed by atoms with Crippen LogP contribution in [0.3, 0.4) is 0 Å². The molecule has 0 fully saturated rings. The number of nitro benzene ring substituents is 1. The Hall–Kier alpha value is -2.35. The molecule has 1 aromatic heterocycles. The van der Waals surface area contributed by atoms with E-state index in [1.165, 1.54) is 23.9 Å². The Morgan fingerprint density at radius 1 is 1.41 bits per heavy atom. The number of carbonyl (C=O) groups is 1. The number of carbonyl (C=O) groups excluding carboxylic acids is 1. The molecule has 0 saturated heterocycles. The second kappa shape index (κ2) is 7.08. The van der Waals surface area contributed by atoms with E-state index in [9.17, 15) is 14.9 Å². The van der Waals surface area contributed by atoms with Gasteiger partial charge in [-0.2, -0.15) is 5.10 Å². The molecule has 0 unspecified atom stereocenters. The van der Waals surface area contributed by atoms with Crippen molar-refractivity contribution < 1.29 is 9.72 Å². The van der Waals surface area contributed by atoms with Crippen molar-refractivity contribution in [1.82, 2.24) is 14.7 Å². The monoisotopic (exact) mass is 320 g/mol. The van der Waals surface area contributed by atoms with Gasteiger partial charge in [-0.15, -0.1) is 11.8 Å². The van der Waals surface area contributed by atoms with Crippen LogP contribution in [0.25, 0.3) is 0 Å². The summed E-state index contributed by atoms with van der Waals surface area (Å²) in [4.78, 5) is 24.7. The van der Waals surface area contributed by atoms with Crippen LogP contribution in [0.4, 0.5) is 5.69 Å². The number of hydrogen-bond donors (Lipinski definition) is 0. The van der Waals surface area contributed by atoms with E-state index in [1.807, 2.05) is 13.2 Å². The molecule has 0 spiro atoms. The number of nitro groups is 1. The third-order valence-corrected chi connectivity index (χ3v) is 4.01. The lowest BCUT2D eigenvalue weighted by Gasteiger charge is -2.15. The summed E-state index contributed by atoms with van der Waals surface area (Å²) in [5.74, 6) is 0.279. The van der Waals surface area contributed by atoms with Crippen LogP contribution in [0, 0.1) is 10.1 Å². The lowest BCUT2D eigenvalue weighted by Crippen LogP contribution is -2.27. The molecular formula is C14H16N4O3S. The van der Waals surface area contributed by atoms with E-state index in [-0.39, 0.29) is 17.3 Å². The lowest BCUT2D eigenvalue weighted by atomic mass is 10.3. The molecule has 7 nitrogen and oxygen atoms in total. The Kier molecular flexibility index (Phi) is 5.16. The van der Waals surface area contributed by atoms with Gasteiger partial charge in [0, 0.05) is 49.4 Å². The van der Waals surface area contributed by atoms with Crippen LogP contribution in [0.15, 0.2) is 41.6 Å². The first-order valence-electron chi connectivity index (χ1n) is 6.54. The van der Waals surface area contributed by atoms with Gasteiger partial charge in [0.1, 0.15) is 0 Å². The van der Waals surface area contributed by atoms with Gasteiger partial charge in [0.25, 0.3) is 5.69 Å². The standard InChI is InChI=1S/C14H16N4O3S/c1-16(8-11-7-15-17(2)9-11)14(19)10-22-13-5-3-12(4-6-13)18(20)21/h3-7,9H,8,10H2,1-2H3. The number of amides is 1. The van der Waals surface area contributed by atoms with Gasteiger partial charge in [0.05, 0.1) is 16.9 Å². The first-order chi connectivity index (χ1) is 10.5. The van der Waals surface area contributed by atoms with Gasteiger partial charge in [-0.1, -0.05) is 0 Å².